The molecule has 3 heterocycles. The fourth-order valence-electron chi connectivity index (χ4n) is 9.36. The first-order valence-electron chi connectivity index (χ1n) is 25.7. The molecule has 3 saturated heterocycles. The quantitative estimate of drug-likeness (QED) is 0.0580. The average Bonchev–Trinajstić information content (AvgIpc) is 4.03. The van der Waals surface area contributed by atoms with Gasteiger partial charge in [-0.2, -0.15) is 0 Å². The number of hydrogen-bond donors (Lipinski definition) is 7. The van der Waals surface area contributed by atoms with Crippen LogP contribution < -0.4 is 32.3 Å². The molecule has 0 radical (unpaired) electrons. The van der Waals surface area contributed by atoms with E-state index >= 15 is 0 Å². The molecule has 0 bridgehead atoms. The zero-order chi connectivity index (χ0) is 51.9. The van der Waals surface area contributed by atoms with Crippen molar-refractivity contribution in [1.29, 1.82) is 0 Å². The van der Waals surface area contributed by atoms with E-state index in [4.69, 9.17) is 5.73 Å². The second-order valence-corrected chi connectivity index (χ2v) is 22.2. The molecule has 0 spiro atoms. The molecule has 8 atom stereocenters. The number of benzene rings is 1. The number of Topliss-reactive ketones (excluding diaryl/α,β-unsaturated/α-hetero) is 3. The maximum absolute atomic E-state index is 14.2. The number of amides is 6. The SMILES string of the molecule is CCCC[C@@H](NC(=O)[C@@H]1CCCN1C(=O)CCC(=O)[C@H](CCCCN)NC(=O)[C@@H]1CSSC[C@H](NC(=O)[C@@H]2CCCN2C)C(=O)C[C@@H](CC(C)C)C(=O)N[C@@H](CO)C(=O)C1)C(=O)NCCc1ccccc1. The largest absolute Gasteiger partial charge is 0.394 e. The van der Waals surface area contributed by atoms with Crippen LogP contribution in [-0.2, 0) is 49.6 Å². The Balaban J connectivity index is 1.44. The van der Waals surface area contributed by atoms with Crippen LogP contribution in [0.2, 0.25) is 0 Å². The monoisotopic (exact) mass is 1030 g/mol. The summed E-state index contributed by atoms with van der Waals surface area (Å²) in [5, 5.41) is 24.6. The summed E-state index contributed by atoms with van der Waals surface area (Å²) < 4.78 is 0. The van der Waals surface area contributed by atoms with Gasteiger partial charge in [-0.1, -0.05) is 85.5 Å². The molecule has 18 nitrogen and oxygen atoms in total. The highest BCUT2D eigenvalue weighted by atomic mass is 33.1. The van der Waals surface area contributed by atoms with Gasteiger partial charge >= 0.3 is 0 Å². The van der Waals surface area contributed by atoms with Crippen molar-refractivity contribution in [3.05, 3.63) is 35.9 Å². The van der Waals surface area contributed by atoms with E-state index in [0.29, 0.717) is 77.4 Å². The van der Waals surface area contributed by atoms with Crippen LogP contribution in [0.15, 0.2) is 30.3 Å². The summed E-state index contributed by atoms with van der Waals surface area (Å²) >= 11 is 0. The molecule has 0 saturated carbocycles. The molecule has 6 amide bonds. The van der Waals surface area contributed by atoms with E-state index in [1.54, 1.807) is 0 Å². The second kappa shape index (κ2) is 31.3. The van der Waals surface area contributed by atoms with E-state index in [9.17, 15) is 48.3 Å². The minimum absolute atomic E-state index is 0.00572. The van der Waals surface area contributed by atoms with E-state index in [2.05, 4.69) is 26.6 Å². The van der Waals surface area contributed by atoms with Gasteiger partial charge in [0, 0.05) is 56.2 Å². The predicted molar refractivity (Wildman–Crippen MR) is 276 cm³/mol. The lowest BCUT2D eigenvalue weighted by Crippen LogP contribution is -2.53. The van der Waals surface area contributed by atoms with Crippen LogP contribution in [0.1, 0.15) is 123 Å². The summed E-state index contributed by atoms with van der Waals surface area (Å²) in [4.78, 5) is 127. The molecule has 3 aliphatic rings. The lowest BCUT2D eigenvalue weighted by Gasteiger charge is -2.27. The summed E-state index contributed by atoms with van der Waals surface area (Å²) in [7, 11) is 4.35. The number of nitrogens with two attached hydrogens (primary N) is 1. The second-order valence-electron chi connectivity index (χ2n) is 19.7. The van der Waals surface area contributed by atoms with Gasteiger partial charge < -0.3 is 42.3 Å². The number of carbonyl (C=O) groups excluding carboxylic acids is 9. The molecule has 71 heavy (non-hydrogen) atoms. The summed E-state index contributed by atoms with van der Waals surface area (Å²) in [5.41, 5.74) is 6.86. The van der Waals surface area contributed by atoms with Crippen LogP contribution >= 0.6 is 21.6 Å². The fraction of sp³-hybridized carbons (Fsp3) is 0.706. The van der Waals surface area contributed by atoms with Gasteiger partial charge in [-0.15, -0.1) is 0 Å². The van der Waals surface area contributed by atoms with Gasteiger partial charge in [-0.3, -0.25) is 48.1 Å². The van der Waals surface area contributed by atoms with Gasteiger partial charge in [-0.05, 0) is 95.8 Å². The van der Waals surface area contributed by atoms with Gasteiger partial charge in [0.25, 0.3) is 0 Å². The Hall–Kier alpha value is -4.37. The lowest BCUT2D eigenvalue weighted by molar-refractivity contribution is -0.140. The number of hydrogen-bond acceptors (Lipinski definition) is 14. The molecular weight excluding hydrogens is 949 g/mol. The molecule has 1 aromatic carbocycles. The van der Waals surface area contributed by atoms with Crippen molar-refractivity contribution in [1.82, 2.24) is 36.4 Å². The van der Waals surface area contributed by atoms with Gasteiger partial charge in [0.05, 0.1) is 30.7 Å². The Morgan fingerprint density at radius 2 is 1.52 bits per heavy atom. The summed E-state index contributed by atoms with van der Waals surface area (Å²) in [6.07, 6.45) is 5.66. The highest BCUT2D eigenvalue weighted by molar-refractivity contribution is 8.76. The van der Waals surface area contributed by atoms with Gasteiger partial charge in [0.15, 0.2) is 17.3 Å². The smallest absolute Gasteiger partial charge is 0.243 e. The molecular formula is C51H80N8O10S2. The summed E-state index contributed by atoms with van der Waals surface area (Å²) in [6, 6.07) is 4.47. The van der Waals surface area contributed by atoms with Crippen LogP contribution in [0, 0.1) is 17.8 Å². The minimum atomic E-state index is -1.36. The maximum Gasteiger partial charge on any atom is 0.243 e. The van der Waals surface area contributed by atoms with E-state index in [-0.39, 0.29) is 73.2 Å². The third-order valence-electron chi connectivity index (χ3n) is 13.5. The first kappa shape index (κ1) is 59.2. The lowest BCUT2D eigenvalue weighted by atomic mass is 9.89. The van der Waals surface area contributed by atoms with Crippen molar-refractivity contribution in [3.8, 4) is 0 Å². The molecule has 1 aromatic rings. The summed E-state index contributed by atoms with van der Waals surface area (Å²) in [6.45, 7) is 6.88. The van der Waals surface area contributed by atoms with Crippen molar-refractivity contribution < 1.29 is 48.3 Å². The van der Waals surface area contributed by atoms with Crippen molar-refractivity contribution in [2.75, 3.05) is 51.3 Å². The van der Waals surface area contributed by atoms with Crippen LogP contribution in [-0.4, -0.2) is 155 Å². The van der Waals surface area contributed by atoms with Gasteiger partial charge in [0.2, 0.25) is 35.4 Å². The van der Waals surface area contributed by atoms with E-state index < -0.39 is 83.8 Å². The highest BCUT2D eigenvalue weighted by Crippen LogP contribution is 2.29. The third-order valence-corrected chi connectivity index (χ3v) is 16.0. The Kier molecular flexibility index (Phi) is 26.1. The number of aliphatic hydroxyl groups excluding tert-OH is 1. The normalized spacial score (nSPS) is 23.6. The van der Waals surface area contributed by atoms with Crippen LogP contribution in [0.25, 0.3) is 0 Å². The molecule has 3 fully saturated rings. The Labute approximate surface area is 427 Å². The topological polar surface area (TPSA) is 267 Å². The van der Waals surface area contributed by atoms with Crippen molar-refractivity contribution in [2.45, 2.75) is 160 Å². The number of likely N-dealkylation sites (N-methyl/N-ethyl adjacent to an activating group) is 1. The first-order chi connectivity index (χ1) is 34.1. The number of ketones is 3. The average molecular weight is 1030 g/mol. The number of carbonyl (C=O) groups is 9. The van der Waals surface area contributed by atoms with Crippen LogP contribution in [0.4, 0.5) is 0 Å². The predicted octanol–water partition coefficient (Wildman–Crippen LogP) is 2.62. The Morgan fingerprint density at radius 1 is 0.831 bits per heavy atom. The molecule has 8 N–H and O–H groups in total. The van der Waals surface area contributed by atoms with Crippen molar-refractivity contribution in [2.24, 2.45) is 23.5 Å². The van der Waals surface area contributed by atoms with Gasteiger partial charge in [0.1, 0.15) is 18.1 Å². The molecule has 0 aliphatic carbocycles. The van der Waals surface area contributed by atoms with E-state index in [1.165, 1.54) is 26.5 Å². The number of rotatable bonds is 24. The number of nitrogens with zero attached hydrogens (tertiary/aromatic N) is 2. The standard InChI is InChI=1S/C51H80N8O10S2/c1-5-6-16-38(49(67)53-24-22-34-14-8-7-9-15-34)55-51(69)42-19-13-26-59(42)46(64)21-20-43(61)37(17-10-11-23-52)54-48(66)36-29-44(62)39(30-60)56-47(65)35(27-33(2)3)28-45(63)40(32-71-70-31-36)57-50(68)41-18-12-25-58(41)4/h7-9,14-15,33,35-42,60H,5-6,10-13,16-32,52H2,1-4H3,(H,53,67)(H,54,66)(H,55,69)(H,56,65)(H,57,68)/t35-,36+,37+,38-,39+,40+,41+,42+/m1/s1. The molecule has 20 heteroatoms. The highest BCUT2D eigenvalue weighted by Gasteiger charge is 2.38. The first-order valence-corrected chi connectivity index (χ1v) is 28.2. The number of nitrogens with one attached hydrogen (secondary N) is 5. The molecule has 0 unspecified atom stereocenters. The van der Waals surface area contributed by atoms with Crippen molar-refractivity contribution >= 4 is 74.4 Å². The minimum Gasteiger partial charge on any atom is -0.394 e. The Bertz CT molecular complexity index is 1950. The zero-order valence-electron chi connectivity index (χ0n) is 42.3. The molecule has 4 rings (SSSR count). The van der Waals surface area contributed by atoms with Crippen LogP contribution in [0.3, 0.4) is 0 Å². The summed E-state index contributed by atoms with van der Waals surface area (Å²) in [5.74, 6) is -5.59. The molecule has 396 valence electrons. The van der Waals surface area contributed by atoms with E-state index in [0.717, 1.165) is 24.9 Å². The van der Waals surface area contributed by atoms with Crippen molar-refractivity contribution in [3.63, 3.8) is 0 Å². The van der Waals surface area contributed by atoms with Crippen LogP contribution in [0.5, 0.6) is 0 Å². The molecule has 0 aromatic heterocycles. The Morgan fingerprint density at radius 3 is 2.20 bits per heavy atom. The fourth-order valence-corrected chi connectivity index (χ4v) is 11.9. The molecule has 3 aliphatic heterocycles. The number of aliphatic hydroxyl groups is 1. The maximum atomic E-state index is 14.2. The van der Waals surface area contributed by atoms with E-state index in [1.807, 2.05) is 63.1 Å². The van der Waals surface area contributed by atoms with Gasteiger partial charge in [-0.25, -0.2) is 0 Å². The zero-order valence-corrected chi connectivity index (χ0v) is 43.9. The number of likely N-dealkylation sites (tertiary alicyclic amines) is 2. The number of unbranched alkanes of at least 4 members (excludes halogenated alkanes) is 2. The third kappa shape index (κ3) is 19.5.